The Hall–Kier alpha value is -4.03. The monoisotopic (exact) mass is 668 g/mol. The Balaban J connectivity index is 1.50. The van der Waals surface area contributed by atoms with E-state index in [0.29, 0.717) is 36.1 Å². The molecule has 2 aliphatic carbocycles. The molecule has 1 saturated heterocycles. The molecule has 2 saturated carbocycles. The van der Waals surface area contributed by atoms with Gasteiger partial charge in [0.05, 0.1) is 12.6 Å². The lowest BCUT2D eigenvalue weighted by Gasteiger charge is -2.39. The van der Waals surface area contributed by atoms with Crippen LogP contribution < -0.4 is 21.3 Å². The Morgan fingerprint density at radius 1 is 0.958 bits per heavy atom. The van der Waals surface area contributed by atoms with Gasteiger partial charge in [-0.1, -0.05) is 47.0 Å². The van der Waals surface area contributed by atoms with Crippen molar-refractivity contribution in [1.29, 1.82) is 0 Å². The van der Waals surface area contributed by atoms with Crippen LogP contribution in [0.2, 0.25) is 0 Å². The predicted molar refractivity (Wildman–Crippen MR) is 178 cm³/mol. The first-order valence-electron chi connectivity index (χ1n) is 17.3. The number of carbonyl (C=O) groups is 7. The predicted octanol–water partition coefficient (Wildman–Crippen LogP) is 2.39. The van der Waals surface area contributed by atoms with Gasteiger partial charge >= 0.3 is 0 Å². The largest absolute Gasteiger partial charge is 0.354 e. The third-order valence-corrected chi connectivity index (χ3v) is 9.84. The van der Waals surface area contributed by atoms with Crippen molar-refractivity contribution in [3.8, 4) is 0 Å². The number of aromatic nitrogens is 1. The van der Waals surface area contributed by atoms with Crippen molar-refractivity contribution in [1.82, 2.24) is 31.2 Å². The van der Waals surface area contributed by atoms with Crippen molar-refractivity contribution >= 4 is 41.1 Å². The Kier molecular flexibility index (Phi) is 11.5. The van der Waals surface area contributed by atoms with Gasteiger partial charge in [0, 0.05) is 23.3 Å². The summed E-state index contributed by atoms with van der Waals surface area (Å²) in [6.45, 7) is 11.7. The van der Waals surface area contributed by atoms with Crippen LogP contribution in [0.5, 0.6) is 0 Å². The molecule has 13 heteroatoms. The van der Waals surface area contributed by atoms with E-state index in [9.17, 15) is 33.6 Å². The summed E-state index contributed by atoms with van der Waals surface area (Å²) in [6, 6.07) is -3.07. The van der Waals surface area contributed by atoms with Crippen molar-refractivity contribution in [2.75, 3.05) is 6.54 Å². The number of nitrogens with one attached hydrogen (secondary N) is 5. The molecule has 48 heavy (non-hydrogen) atoms. The van der Waals surface area contributed by atoms with Crippen molar-refractivity contribution < 1.29 is 33.6 Å². The van der Waals surface area contributed by atoms with E-state index in [1.807, 2.05) is 27.7 Å². The second-order valence-electron chi connectivity index (χ2n) is 14.8. The highest BCUT2D eigenvalue weighted by Crippen LogP contribution is 2.41. The summed E-state index contributed by atoms with van der Waals surface area (Å²) in [4.78, 5) is 96.7. The highest BCUT2D eigenvalue weighted by atomic mass is 16.2. The molecule has 264 valence electrons. The number of H-pyrrole nitrogens is 1. The maximum atomic E-state index is 14.5. The van der Waals surface area contributed by atoms with E-state index in [-0.39, 0.29) is 29.5 Å². The highest BCUT2D eigenvalue weighted by Gasteiger charge is 2.51. The number of likely N-dealkylation sites (tertiary alicyclic amines) is 1. The number of amides is 5. The fourth-order valence-electron chi connectivity index (χ4n) is 7.24. The van der Waals surface area contributed by atoms with Gasteiger partial charge in [0.15, 0.2) is 5.78 Å². The van der Waals surface area contributed by atoms with Crippen LogP contribution in [0.25, 0.3) is 0 Å². The summed E-state index contributed by atoms with van der Waals surface area (Å²) in [5.41, 5.74) is 0.918. The zero-order valence-corrected chi connectivity index (χ0v) is 29.3. The summed E-state index contributed by atoms with van der Waals surface area (Å²) >= 11 is 0. The second-order valence-corrected chi connectivity index (χ2v) is 14.8. The number of carbonyl (C=O) groups excluding carboxylic acids is 7. The molecule has 2 heterocycles. The molecular weight excluding hydrogens is 616 g/mol. The fourth-order valence-corrected chi connectivity index (χ4v) is 7.24. The minimum absolute atomic E-state index is 0.00438. The van der Waals surface area contributed by atoms with Crippen molar-refractivity contribution in [3.05, 3.63) is 22.5 Å². The number of fused-ring (bicyclic) bond motifs is 1. The molecule has 0 aromatic carbocycles. The third kappa shape index (κ3) is 8.33. The molecule has 13 nitrogen and oxygen atoms in total. The number of aryl methyl sites for hydroxylation is 1. The van der Waals surface area contributed by atoms with Crippen molar-refractivity contribution in [2.24, 2.45) is 11.3 Å². The number of hydrogen-bond acceptors (Lipinski definition) is 7. The molecule has 2 unspecified atom stereocenters. The zero-order chi connectivity index (χ0) is 35.5. The molecule has 1 aromatic rings. The van der Waals surface area contributed by atoms with Gasteiger partial charge < -0.3 is 31.2 Å². The quantitative estimate of drug-likeness (QED) is 0.158. The first kappa shape index (κ1) is 36.8. The van der Waals surface area contributed by atoms with Crippen LogP contribution in [-0.4, -0.2) is 87.7 Å². The fraction of sp³-hybridized carbons (Fsp3) is 0.686. The molecule has 1 aliphatic heterocycles. The molecule has 3 aliphatic rings. The van der Waals surface area contributed by atoms with E-state index in [2.05, 4.69) is 26.3 Å². The summed E-state index contributed by atoms with van der Waals surface area (Å²) in [7, 11) is 0. The SMILES string of the molecule is CCC[C@H](NC(=O)[C@@H]1CC2CCCCC2N1C(=O)[C@@H](NC(=O)CNC(=O)c1[nH]c(C)c(C(C)=O)c1C)C(C)(C)C)C(=O)C(=O)NC1CC1. The molecular formula is C35H52N6O7. The normalized spacial score (nSPS) is 21.8. The van der Waals surface area contributed by atoms with Gasteiger partial charge in [0.25, 0.3) is 11.8 Å². The standard InChI is InChI=1S/C35H52N6O7/c1-8-11-23(29(44)33(47)38-22-14-15-22)39-31(45)25-16-21-12-9-10-13-24(21)41(25)34(48)30(35(5,6)7)40-26(43)17-36-32(46)28-18(2)27(20(4)42)19(3)37-28/h21-25,30,37H,8-17H2,1-7H3,(H,36,46)(H,38,47)(H,39,45)(H,40,43)/t21?,23-,24?,25-,30+/m0/s1. The van der Waals surface area contributed by atoms with E-state index in [1.54, 1.807) is 18.7 Å². The number of Topliss-reactive ketones (excluding diaryl/α,β-unsaturated/α-hetero) is 2. The smallest absolute Gasteiger partial charge is 0.289 e. The van der Waals surface area contributed by atoms with Crippen LogP contribution in [0.1, 0.15) is 125 Å². The van der Waals surface area contributed by atoms with E-state index >= 15 is 0 Å². The minimum Gasteiger partial charge on any atom is -0.354 e. The lowest BCUT2D eigenvalue weighted by Crippen LogP contribution is -2.61. The highest BCUT2D eigenvalue weighted by molar-refractivity contribution is 6.38. The van der Waals surface area contributed by atoms with Crippen LogP contribution in [0.3, 0.4) is 0 Å². The van der Waals surface area contributed by atoms with Crippen molar-refractivity contribution in [2.45, 2.75) is 136 Å². The van der Waals surface area contributed by atoms with Gasteiger partial charge in [-0.15, -0.1) is 0 Å². The maximum Gasteiger partial charge on any atom is 0.289 e. The van der Waals surface area contributed by atoms with Crippen molar-refractivity contribution in [3.63, 3.8) is 0 Å². The molecule has 3 fully saturated rings. The first-order valence-corrected chi connectivity index (χ1v) is 17.3. The number of ketones is 2. The van der Waals surface area contributed by atoms with Gasteiger partial charge in [0.1, 0.15) is 17.8 Å². The van der Waals surface area contributed by atoms with Crippen LogP contribution in [0.15, 0.2) is 0 Å². The maximum absolute atomic E-state index is 14.5. The number of aromatic amines is 1. The Morgan fingerprint density at radius 3 is 2.21 bits per heavy atom. The summed E-state index contributed by atoms with van der Waals surface area (Å²) in [6.07, 6.45) is 6.43. The molecule has 0 bridgehead atoms. The number of nitrogens with zero attached hydrogens (tertiary/aromatic N) is 1. The van der Waals surface area contributed by atoms with Gasteiger partial charge in [-0.25, -0.2) is 0 Å². The third-order valence-electron chi connectivity index (χ3n) is 9.84. The van der Waals surface area contributed by atoms with E-state index in [0.717, 1.165) is 38.5 Å². The second kappa shape index (κ2) is 15.0. The summed E-state index contributed by atoms with van der Waals surface area (Å²) < 4.78 is 0. The van der Waals surface area contributed by atoms with E-state index < -0.39 is 65.4 Å². The Morgan fingerprint density at radius 2 is 1.62 bits per heavy atom. The lowest BCUT2D eigenvalue weighted by molar-refractivity contribution is -0.147. The minimum atomic E-state index is -1.02. The number of hydrogen-bond donors (Lipinski definition) is 5. The lowest BCUT2D eigenvalue weighted by atomic mass is 9.83. The summed E-state index contributed by atoms with van der Waals surface area (Å²) in [5.74, 6) is -3.48. The first-order chi connectivity index (χ1) is 22.5. The zero-order valence-electron chi connectivity index (χ0n) is 29.3. The molecule has 1 aromatic heterocycles. The van der Waals surface area contributed by atoms with Gasteiger partial charge in [-0.2, -0.15) is 0 Å². The van der Waals surface area contributed by atoms with Crippen LogP contribution in [-0.2, 0) is 24.0 Å². The van der Waals surface area contributed by atoms with Crippen LogP contribution >= 0.6 is 0 Å². The van der Waals surface area contributed by atoms with E-state index in [4.69, 9.17) is 0 Å². The van der Waals surface area contributed by atoms with Crippen LogP contribution in [0, 0.1) is 25.2 Å². The molecule has 5 atom stereocenters. The van der Waals surface area contributed by atoms with E-state index in [1.165, 1.54) is 6.92 Å². The number of rotatable bonds is 13. The van der Waals surface area contributed by atoms with Crippen LogP contribution in [0.4, 0.5) is 0 Å². The Labute approximate surface area is 282 Å². The van der Waals surface area contributed by atoms with Gasteiger partial charge in [-0.3, -0.25) is 33.6 Å². The molecule has 0 spiro atoms. The molecule has 5 N–H and O–H groups in total. The average molecular weight is 669 g/mol. The summed E-state index contributed by atoms with van der Waals surface area (Å²) in [5, 5.41) is 10.9. The molecule has 0 radical (unpaired) electrons. The average Bonchev–Trinajstić information content (AvgIpc) is 3.66. The Bertz CT molecular complexity index is 1460. The molecule has 4 rings (SSSR count). The van der Waals surface area contributed by atoms with Gasteiger partial charge in [0.2, 0.25) is 23.5 Å². The topological polar surface area (TPSA) is 187 Å². The van der Waals surface area contributed by atoms with Gasteiger partial charge in [-0.05, 0) is 76.2 Å². The molecule has 5 amide bonds.